The second-order valence-corrected chi connectivity index (χ2v) is 5.33. The Hall–Kier alpha value is -3.42. The Labute approximate surface area is 142 Å². The molecule has 2 aromatic rings. The number of hydrogen-bond acceptors (Lipinski definition) is 7. The second-order valence-electron chi connectivity index (χ2n) is 5.33. The fraction of sp³-hybridized carbons (Fsp3) is 0.176. The molecule has 0 N–H and O–H groups in total. The molecule has 8 nitrogen and oxygen atoms in total. The highest BCUT2D eigenvalue weighted by molar-refractivity contribution is 6.00. The Bertz CT molecular complexity index is 875. The van der Waals surface area contributed by atoms with E-state index in [4.69, 9.17) is 14.2 Å². The summed E-state index contributed by atoms with van der Waals surface area (Å²) in [4.78, 5) is 34.5. The molecule has 0 bridgehead atoms. The van der Waals surface area contributed by atoms with E-state index >= 15 is 0 Å². The first-order valence-corrected chi connectivity index (χ1v) is 7.31. The third-order valence-electron chi connectivity index (χ3n) is 3.67. The van der Waals surface area contributed by atoms with E-state index in [1.165, 1.54) is 18.2 Å². The van der Waals surface area contributed by atoms with E-state index in [2.05, 4.69) is 0 Å². The van der Waals surface area contributed by atoms with Gasteiger partial charge in [0.05, 0.1) is 10.5 Å². The lowest BCUT2D eigenvalue weighted by Gasteiger charge is -2.06. The van der Waals surface area contributed by atoms with Crippen molar-refractivity contribution in [3.05, 3.63) is 63.2 Å². The largest absolute Gasteiger partial charge is 0.454 e. The minimum absolute atomic E-state index is 0.00999. The smallest absolute Gasteiger partial charge is 0.338 e. The molecule has 0 spiro atoms. The zero-order valence-electron chi connectivity index (χ0n) is 13.2. The molecule has 0 aliphatic carbocycles. The molecular weight excluding hydrogens is 330 g/mol. The lowest BCUT2D eigenvalue weighted by atomic mass is 10.1. The molecule has 0 atom stereocenters. The third-order valence-corrected chi connectivity index (χ3v) is 3.67. The first-order chi connectivity index (χ1) is 12.0. The summed E-state index contributed by atoms with van der Waals surface area (Å²) in [5.41, 5.74) is 0.567. The van der Waals surface area contributed by atoms with Crippen molar-refractivity contribution >= 4 is 17.4 Å². The highest BCUT2D eigenvalue weighted by Crippen LogP contribution is 2.32. The van der Waals surface area contributed by atoms with Crippen LogP contribution in [0.4, 0.5) is 5.69 Å². The van der Waals surface area contributed by atoms with Crippen molar-refractivity contribution in [1.29, 1.82) is 0 Å². The minimum Gasteiger partial charge on any atom is -0.454 e. The van der Waals surface area contributed by atoms with E-state index in [9.17, 15) is 19.7 Å². The SMILES string of the molecule is Cc1ccc(C(=O)OCC(=O)c2ccc3c(c2)OCO3)cc1[N+](=O)[O-]. The van der Waals surface area contributed by atoms with Gasteiger partial charge in [-0.15, -0.1) is 0 Å². The normalized spacial score (nSPS) is 11.9. The number of carbonyl (C=O) groups excluding carboxylic acids is 2. The molecule has 2 aromatic carbocycles. The zero-order chi connectivity index (χ0) is 18.0. The Morgan fingerprint density at radius 2 is 1.84 bits per heavy atom. The van der Waals surface area contributed by atoms with E-state index < -0.39 is 23.3 Å². The number of rotatable bonds is 5. The van der Waals surface area contributed by atoms with Gasteiger partial charge in [0, 0.05) is 17.2 Å². The van der Waals surface area contributed by atoms with Crippen LogP contribution < -0.4 is 9.47 Å². The summed E-state index contributed by atoms with van der Waals surface area (Å²) in [6.07, 6.45) is 0. The van der Waals surface area contributed by atoms with Gasteiger partial charge in [-0.2, -0.15) is 0 Å². The van der Waals surface area contributed by atoms with Crippen molar-refractivity contribution < 1.29 is 28.7 Å². The molecule has 0 amide bonds. The number of benzene rings is 2. The number of nitro benzene ring substituents is 1. The van der Waals surface area contributed by atoms with Gasteiger partial charge in [0.25, 0.3) is 5.69 Å². The number of ether oxygens (including phenoxy) is 3. The Kier molecular flexibility index (Phi) is 4.34. The molecule has 0 radical (unpaired) electrons. The van der Waals surface area contributed by atoms with Gasteiger partial charge in [0.15, 0.2) is 23.9 Å². The summed E-state index contributed by atoms with van der Waals surface area (Å²) in [7, 11) is 0. The Balaban J connectivity index is 1.67. The van der Waals surface area contributed by atoms with Gasteiger partial charge >= 0.3 is 5.97 Å². The van der Waals surface area contributed by atoms with Crippen LogP contribution in [0.15, 0.2) is 36.4 Å². The molecule has 1 aliphatic rings. The minimum atomic E-state index is -0.808. The molecule has 25 heavy (non-hydrogen) atoms. The monoisotopic (exact) mass is 343 g/mol. The quantitative estimate of drug-likeness (QED) is 0.356. The summed E-state index contributed by atoms with van der Waals surface area (Å²) in [5.74, 6) is -0.239. The molecule has 8 heteroatoms. The van der Waals surface area contributed by atoms with Gasteiger partial charge in [0.1, 0.15) is 0 Å². The highest BCUT2D eigenvalue weighted by Gasteiger charge is 2.19. The van der Waals surface area contributed by atoms with Crippen LogP contribution in [-0.4, -0.2) is 30.1 Å². The maximum Gasteiger partial charge on any atom is 0.338 e. The van der Waals surface area contributed by atoms with Crippen LogP contribution in [0.1, 0.15) is 26.3 Å². The number of aryl methyl sites for hydroxylation is 1. The van der Waals surface area contributed by atoms with Crippen LogP contribution in [0.5, 0.6) is 11.5 Å². The first kappa shape index (κ1) is 16.4. The van der Waals surface area contributed by atoms with E-state index in [1.54, 1.807) is 19.1 Å². The van der Waals surface area contributed by atoms with Crippen LogP contribution in [0.3, 0.4) is 0 Å². The number of nitrogens with zero attached hydrogens (tertiary/aromatic N) is 1. The number of ketones is 1. The van der Waals surface area contributed by atoms with E-state index in [0.29, 0.717) is 22.6 Å². The molecule has 1 aliphatic heterocycles. The summed E-state index contributed by atoms with van der Waals surface area (Å²) < 4.78 is 15.3. The van der Waals surface area contributed by atoms with Crippen LogP contribution in [0.25, 0.3) is 0 Å². The van der Waals surface area contributed by atoms with E-state index in [0.717, 1.165) is 6.07 Å². The summed E-state index contributed by atoms with van der Waals surface area (Å²) in [6.45, 7) is 1.17. The Morgan fingerprint density at radius 1 is 1.12 bits per heavy atom. The second kappa shape index (κ2) is 6.60. The van der Waals surface area contributed by atoms with Crippen LogP contribution in [0.2, 0.25) is 0 Å². The number of nitro groups is 1. The van der Waals surface area contributed by atoms with Gasteiger partial charge in [-0.05, 0) is 31.2 Å². The third kappa shape index (κ3) is 3.42. The Morgan fingerprint density at radius 3 is 2.60 bits per heavy atom. The fourth-order valence-electron chi connectivity index (χ4n) is 2.30. The molecule has 3 rings (SSSR count). The first-order valence-electron chi connectivity index (χ1n) is 7.31. The number of Topliss-reactive ketones (excluding diaryl/α,β-unsaturated/α-hetero) is 1. The van der Waals surface area contributed by atoms with Gasteiger partial charge in [-0.25, -0.2) is 4.79 Å². The summed E-state index contributed by atoms with van der Waals surface area (Å²) in [6, 6.07) is 8.64. The topological polar surface area (TPSA) is 105 Å². The fourth-order valence-corrected chi connectivity index (χ4v) is 2.30. The maximum atomic E-state index is 12.1. The van der Waals surface area contributed by atoms with Gasteiger partial charge in [0.2, 0.25) is 6.79 Å². The predicted octanol–water partition coefficient (Wildman–Crippen LogP) is 2.67. The molecule has 0 saturated carbocycles. The van der Waals surface area contributed by atoms with Gasteiger partial charge < -0.3 is 14.2 Å². The van der Waals surface area contributed by atoms with Crippen molar-refractivity contribution in [3.8, 4) is 11.5 Å². The molecule has 1 heterocycles. The van der Waals surface area contributed by atoms with Crippen molar-refractivity contribution in [3.63, 3.8) is 0 Å². The number of hydrogen-bond donors (Lipinski definition) is 0. The van der Waals surface area contributed by atoms with E-state index in [1.807, 2.05) is 0 Å². The number of esters is 1. The van der Waals surface area contributed by atoms with Gasteiger partial charge in [-0.1, -0.05) is 6.07 Å². The standard InChI is InChI=1S/C17H13NO7/c1-10-2-3-12(6-13(10)18(21)22)17(20)23-8-14(19)11-4-5-15-16(7-11)25-9-24-15/h2-7H,8-9H2,1H3. The molecular formula is C17H13NO7. The number of carbonyl (C=O) groups is 2. The van der Waals surface area contributed by atoms with Crippen LogP contribution >= 0.6 is 0 Å². The molecule has 0 aromatic heterocycles. The summed E-state index contributed by atoms with van der Waals surface area (Å²) in [5, 5.41) is 10.9. The van der Waals surface area contributed by atoms with E-state index in [-0.39, 0.29) is 18.0 Å². The van der Waals surface area contributed by atoms with Crippen molar-refractivity contribution in [1.82, 2.24) is 0 Å². The highest BCUT2D eigenvalue weighted by atomic mass is 16.7. The van der Waals surface area contributed by atoms with Crippen molar-refractivity contribution in [2.45, 2.75) is 6.92 Å². The molecule has 0 fully saturated rings. The predicted molar refractivity (Wildman–Crippen MR) is 85.0 cm³/mol. The molecule has 128 valence electrons. The van der Waals surface area contributed by atoms with Crippen molar-refractivity contribution in [2.75, 3.05) is 13.4 Å². The lowest BCUT2D eigenvalue weighted by Crippen LogP contribution is -2.14. The number of fused-ring (bicyclic) bond motifs is 1. The van der Waals surface area contributed by atoms with Crippen LogP contribution in [-0.2, 0) is 4.74 Å². The zero-order valence-corrected chi connectivity index (χ0v) is 13.2. The van der Waals surface area contributed by atoms with Crippen molar-refractivity contribution in [2.24, 2.45) is 0 Å². The van der Waals surface area contributed by atoms with Gasteiger partial charge in [-0.3, -0.25) is 14.9 Å². The lowest BCUT2D eigenvalue weighted by molar-refractivity contribution is -0.385. The summed E-state index contributed by atoms with van der Waals surface area (Å²) >= 11 is 0. The van der Waals surface area contributed by atoms with Crippen LogP contribution in [0, 0.1) is 17.0 Å². The molecule has 0 unspecified atom stereocenters. The average Bonchev–Trinajstić information content (AvgIpc) is 3.07. The molecule has 0 saturated heterocycles. The average molecular weight is 343 g/mol. The maximum absolute atomic E-state index is 12.1.